The fraction of sp³-hybridized carbons (Fsp3) is 0.286. The summed E-state index contributed by atoms with van der Waals surface area (Å²) < 4.78 is 6.34. The molecular weight excluding hydrogens is 430 g/mol. The minimum Gasteiger partial charge on any atom is -0.508 e. The highest BCUT2D eigenvalue weighted by molar-refractivity contribution is 6.02. The zero-order valence-corrected chi connectivity index (χ0v) is 19.4. The highest BCUT2D eigenvalue weighted by Crippen LogP contribution is 2.41. The van der Waals surface area contributed by atoms with Crippen LogP contribution in [-0.2, 0) is 28.9 Å². The first-order valence-electron chi connectivity index (χ1n) is 11.5. The van der Waals surface area contributed by atoms with Crippen LogP contribution in [0.2, 0.25) is 0 Å². The molecule has 0 saturated heterocycles. The average Bonchev–Trinajstić information content (AvgIpc) is 3.29. The van der Waals surface area contributed by atoms with E-state index in [-0.39, 0.29) is 11.7 Å². The van der Waals surface area contributed by atoms with E-state index in [1.54, 1.807) is 12.1 Å². The number of carbonyl (C=O) groups is 2. The van der Waals surface area contributed by atoms with Gasteiger partial charge in [0, 0.05) is 11.3 Å². The lowest BCUT2D eigenvalue weighted by Gasteiger charge is -2.19. The number of carboxylic acid groups (broad SMARTS) is 1. The standard InChI is InChI=1S/C28H29NO5/c1-17(19-7-4-3-5-8-19)13-20-15-21(11-12-25(20)30)34-28-18(2)14-24(22-9-6-10-23(22)28)29-26(31)16-27(32)33/h3-5,7-8,11-12,14-15,17,30H,6,9-10,13,16H2,1-2H3,(H,29,31)(H,32,33). The highest BCUT2D eigenvalue weighted by Gasteiger charge is 2.24. The Morgan fingerprint density at radius 1 is 1.06 bits per heavy atom. The molecular formula is C28H29NO5. The molecule has 1 unspecified atom stereocenters. The Kier molecular flexibility index (Phi) is 6.87. The molecule has 3 N–H and O–H groups in total. The van der Waals surface area contributed by atoms with Crippen LogP contribution >= 0.6 is 0 Å². The molecule has 0 radical (unpaired) electrons. The monoisotopic (exact) mass is 459 g/mol. The fourth-order valence-electron chi connectivity index (χ4n) is 4.62. The van der Waals surface area contributed by atoms with Crippen LogP contribution in [0.5, 0.6) is 17.2 Å². The van der Waals surface area contributed by atoms with Crippen molar-refractivity contribution in [3.05, 3.63) is 82.4 Å². The Hall–Kier alpha value is -3.80. The maximum absolute atomic E-state index is 12.0. The smallest absolute Gasteiger partial charge is 0.312 e. The Morgan fingerprint density at radius 2 is 1.79 bits per heavy atom. The second-order valence-corrected chi connectivity index (χ2v) is 8.91. The van der Waals surface area contributed by atoms with Crippen molar-refractivity contribution in [2.75, 3.05) is 5.32 Å². The third-order valence-electron chi connectivity index (χ3n) is 6.29. The van der Waals surface area contributed by atoms with E-state index in [9.17, 15) is 14.7 Å². The van der Waals surface area contributed by atoms with E-state index in [1.807, 2.05) is 37.3 Å². The van der Waals surface area contributed by atoms with Crippen molar-refractivity contribution in [1.29, 1.82) is 0 Å². The number of anilines is 1. The number of amides is 1. The molecule has 4 rings (SSSR count). The van der Waals surface area contributed by atoms with Gasteiger partial charge < -0.3 is 20.3 Å². The molecule has 0 spiro atoms. The van der Waals surface area contributed by atoms with Gasteiger partial charge in [-0.05, 0) is 85.0 Å². The first kappa shape index (κ1) is 23.4. The van der Waals surface area contributed by atoms with E-state index in [4.69, 9.17) is 9.84 Å². The topological polar surface area (TPSA) is 95.9 Å². The number of hydrogen-bond donors (Lipinski definition) is 3. The number of rotatable bonds is 8. The number of aryl methyl sites for hydroxylation is 1. The molecule has 34 heavy (non-hydrogen) atoms. The van der Waals surface area contributed by atoms with Crippen molar-refractivity contribution < 1.29 is 24.5 Å². The molecule has 0 bridgehead atoms. The number of carbonyl (C=O) groups excluding carboxylic acids is 1. The van der Waals surface area contributed by atoms with Crippen LogP contribution in [0.15, 0.2) is 54.6 Å². The normalized spacial score (nSPS) is 13.2. The molecule has 6 heteroatoms. The number of phenols is 1. The summed E-state index contributed by atoms with van der Waals surface area (Å²) in [5.74, 6) is 0.195. The first-order valence-corrected chi connectivity index (χ1v) is 11.5. The Morgan fingerprint density at radius 3 is 2.53 bits per heavy atom. The quantitative estimate of drug-likeness (QED) is 0.373. The molecule has 0 aromatic heterocycles. The van der Waals surface area contributed by atoms with Gasteiger partial charge in [-0.25, -0.2) is 0 Å². The summed E-state index contributed by atoms with van der Waals surface area (Å²) in [4.78, 5) is 22.9. The molecule has 0 heterocycles. The molecule has 176 valence electrons. The number of hydrogen-bond acceptors (Lipinski definition) is 4. The van der Waals surface area contributed by atoms with E-state index in [2.05, 4.69) is 24.4 Å². The summed E-state index contributed by atoms with van der Waals surface area (Å²) in [6, 6.07) is 17.4. The van der Waals surface area contributed by atoms with E-state index in [0.717, 1.165) is 47.3 Å². The Balaban J connectivity index is 1.58. The Bertz CT molecular complexity index is 1220. The van der Waals surface area contributed by atoms with Gasteiger partial charge in [0.15, 0.2) is 0 Å². The van der Waals surface area contributed by atoms with Crippen molar-refractivity contribution in [2.45, 2.75) is 51.9 Å². The molecule has 1 amide bonds. The lowest BCUT2D eigenvalue weighted by atomic mass is 9.93. The third kappa shape index (κ3) is 5.22. The molecule has 0 aliphatic heterocycles. The predicted octanol–water partition coefficient (Wildman–Crippen LogP) is 5.74. The van der Waals surface area contributed by atoms with Gasteiger partial charge >= 0.3 is 5.97 Å². The maximum atomic E-state index is 12.0. The minimum absolute atomic E-state index is 0.238. The van der Waals surface area contributed by atoms with Crippen molar-refractivity contribution in [1.82, 2.24) is 0 Å². The van der Waals surface area contributed by atoms with E-state index < -0.39 is 18.3 Å². The largest absolute Gasteiger partial charge is 0.508 e. The van der Waals surface area contributed by atoms with Gasteiger partial charge in [0.1, 0.15) is 23.7 Å². The second kappa shape index (κ2) is 10.00. The number of fused-ring (bicyclic) bond motifs is 1. The van der Waals surface area contributed by atoms with E-state index in [0.29, 0.717) is 17.9 Å². The molecule has 1 aliphatic rings. The summed E-state index contributed by atoms with van der Waals surface area (Å²) in [5, 5.41) is 22.1. The molecule has 0 fully saturated rings. The van der Waals surface area contributed by atoms with Crippen molar-refractivity contribution in [3.63, 3.8) is 0 Å². The van der Waals surface area contributed by atoms with Gasteiger partial charge in [-0.15, -0.1) is 0 Å². The summed E-state index contributed by atoms with van der Waals surface area (Å²) in [6.07, 6.45) is 2.67. The summed E-state index contributed by atoms with van der Waals surface area (Å²) in [5.41, 5.74) is 5.59. The zero-order chi connectivity index (χ0) is 24.2. The molecule has 3 aromatic carbocycles. The summed E-state index contributed by atoms with van der Waals surface area (Å²) in [7, 11) is 0. The molecule has 1 atom stereocenters. The van der Waals surface area contributed by atoms with E-state index in [1.165, 1.54) is 5.56 Å². The minimum atomic E-state index is -1.16. The number of ether oxygens (including phenoxy) is 1. The summed E-state index contributed by atoms with van der Waals surface area (Å²) >= 11 is 0. The second-order valence-electron chi connectivity index (χ2n) is 8.91. The lowest BCUT2D eigenvalue weighted by Crippen LogP contribution is -2.17. The number of benzene rings is 3. The molecule has 0 saturated carbocycles. The van der Waals surface area contributed by atoms with Crippen LogP contribution in [0.3, 0.4) is 0 Å². The number of nitrogens with one attached hydrogen (secondary N) is 1. The molecule has 3 aromatic rings. The number of aromatic hydroxyl groups is 1. The summed E-state index contributed by atoms with van der Waals surface area (Å²) in [6.45, 7) is 4.05. The van der Waals surface area contributed by atoms with Crippen LogP contribution in [0.4, 0.5) is 5.69 Å². The number of carboxylic acids is 1. The Labute approximate surface area is 199 Å². The van der Waals surface area contributed by atoms with Gasteiger partial charge in [0.05, 0.1) is 0 Å². The number of aliphatic carboxylic acids is 1. The highest BCUT2D eigenvalue weighted by atomic mass is 16.5. The lowest BCUT2D eigenvalue weighted by molar-refractivity contribution is -0.139. The van der Waals surface area contributed by atoms with Gasteiger partial charge in [-0.2, -0.15) is 0 Å². The zero-order valence-electron chi connectivity index (χ0n) is 19.4. The molecule has 1 aliphatic carbocycles. The van der Waals surface area contributed by atoms with Crippen LogP contribution in [0, 0.1) is 6.92 Å². The van der Waals surface area contributed by atoms with E-state index >= 15 is 0 Å². The van der Waals surface area contributed by atoms with Crippen LogP contribution < -0.4 is 10.1 Å². The average molecular weight is 460 g/mol. The van der Waals surface area contributed by atoms with Gasteiger partial charge in [-0.3, -0.25) is 9.59 Å². The van der Waals surface area contributed by atoms with Crippen LogP contribution in [-0.4, -0.2) is 22.1 Å². The predicted molar refractivity (Wildman–Crippen MR) is 131 cm³/mol. The maximum Gasteiger partial charge on any atom is 0.312 e. The van der Waals surface area contributed by atoms with Gasteiger partial charge in [-0.1, -0.05) is 37.3 Å². The van der Waals surface area contributed by atoms with Crippen LogP contribution in [0.25, 0.3) is 0 Å². The third-order valence-corrected chi connectivity index (χ3v) is 6.29. The van der Waals surface area contributed by atoms with Crippen molar-refractivity contribution in [2.24, 2.45) is 0 Å². The fourth-order valence-corrected chi connectivity index (χ4v) is 4.62. The van der Waals surface area contributed by atoms with Gasteiger partial charge in [0.25, 0.3) is 0 Å². The molecule has 6 nitrogen and oxygen atoms in total. The SMILES string of the molecule is Cc1cc(NC(=O)CC(=O)O)c2c(c1Oc1ccc(O)c(CC(C)c3ccccc3)c1)CCC2. The first-order chi connectivity index (χ1) is 16.3. The number of phenolic OH excluding ortho intramolecular Hbond substituents is 1. The van der Waals surface area contributed by atoms with Gasteiger partial charge in [0.2, 0.25) is 5.91 Å². The van der Waals surface area contributed by atoms with Crippen molar-refractivity contribution >= 4 is 17.6 Å². The van der Waals surface area contributed by atoms with Crippen LogP contribution in [0.1, 0.15) is 53.5 Å². The van der Waals surface area contributed by atoms with Crippen molar-refractivity contribution in [3.8, 4) is 17.2 Å².